The molecule has 3 aliphatic rings. The van der Waals surface area contributed by atoms with E-state index < -0.39 is 5.54 Å². The van der Waals surface area contributed by atoms with Gasteiger partial charge in [0, 0.05) is 23.2 Å². The summed E-state index contributed by atoms with van der Waals surface area (Å²) in [5.74, 6) is 0.673. The lowest BCUT2D eigenvalue weighted by molar-refractivity contribution is 0.399. The molecule has 2 unspecified atom stereocenters. The van der Waals surface area contributed by atoms with Crippen LogP contribution in [0.1, 0.15) is 61.7 Å². The van der Waals surface area contributed by atoms with Crippen LogP contribution in [-0.4, -0.2) is 25.7 Å². The summed E-state index contributed by atoms with van der Waals surface area (Å²) in [6.07, 6.45) is 15.1. The molecule has 0 amide bonds. The molecule has 2 saturated carbocycles. The maximum absolute atomic E-state index is 6.51. The Hall–Kier alpha value is -2.24. The van der Waals surface area contributed by atoms with Crippen molar-refractivity contribution < 1.29 is 0 Å². The van der Waals surface area contributed by atoms with E-state index in [1.54, 1.807) is 0 Å². The minimum atomic E-state index is -0.644. The van der Waals surface area contributed by atoms with Gasteiger partial charge in [-0.15, -0.1) is 0 Å². The first-order valence-corrected chi connectivity index (χ1v) is 11.8. The van der Waals surface area contributed by atoms with Gasteiger partial charge in [-0.2, -0.15) is 4.98 Å². The monoisotopic (exact) mass is 451 g/mol. The molecule has 6 rings (SSSR count). The van der Waals surface area contributed by atoms with Gasteiger partial charge in [-0.25, -0.2) is 9.97 Å². The number of imidazole rings is 1. The molecule has 1 aromatic carbocycles. The first-order valence-electron chi connectivity index (χ1n) is 11.0. The van der Waals surface area contributed by atoms with Crippen LogP contribution in [0.3, 0.4) is 0 Å². The lowest BCUT2D eigenvalue weighted by Gasteiger charge is -2.34. The quantitative estimate of drug-likeness (QED) is 0.428. The van der Waals surface area contributed by atoms with E-state index in [2.05, 4.69) is 27.8 Å². The summed E-state index contributed by atoms with van der Waals surface area (Å²) in [6, 6.07) is 8.58. The standard InChI is InChI=1S/C24H23Cl2N5/c25-17-10-8-16(9-11-17)19(15-6-7-15)24(12-3-13-28-24)21-20-22(30-23(26)29-21)31(14-27-20)18-4-1-2-5-18/h3,8-15,18-19H,1-2,4-7H2. The Balaban J connectivity index is 1.56. The Labute approximate surface area is 191 Å². The number of aliphatic imine (C=N–C) groups is 1. The summed E-state index contributed by atoms with van der Waals surface area (Å²) in [7, 11) is 0. The third-order valence-corrected chi connectivity index (χ3v) is 7.43. The van der Waals surface area contributed by atoms with E-state index in [4.69, 9.17) is 38.2 Å². The largest absolute Gasteiger partial charge is 0.312 e. The van der Waals surface area contributed by atoms with E-state index in [-0.39, 0.29) is 11.2 Å². The van der Waals surface area contributed by atoms with Crippen molar-refractivity contribution in [1.29, 1.82) is 0 Å². The molecule has 2 aliphatic carbocycles. The molecule has 2 fully saturated rings. The number of halogens is 2. The maximum Gasteiger partial charge on any atom is 0.224 e. The van der Waals surface area contributed by atoms with Gasteiger partial charge in [0.05, 0.1) is 6.33 Å². The molecule has 3 heterocycles. The summed E-state index contributed by atoms with van der Waals surface area (Å²) in [5, 5.41) is 0.989. The predicted octanol–water partition coefficient (Wildman–Crippen LogP) is 6.28. The predicted molar refractivity (Wildman–Crippen MR) is 124 cm³/mol. The molecule has 7 heteroatoms. The first kappa shape index (κ1) is 19.4. The minimum Gasteiger partial charge on any atom is -0.312 e. The van der Waals surface area contributed by atoms with Crippen molar-refractivity contribution in [3.8, 4) is 0 Å². The van der Waals surface area contributed by atoms with Crippen LogP contribution in [0.2, 0.25) is 10.3 Å². The Morgan fingerprint density at radius 3 is 2.45 bits per heavy atom. The van der Waals surface area contributed by atoms with Crippen molar-refractivity contribution in [2.45, 2.75) is 56.0 Å². The zero-order chi connectivity index (χ0) is 21.0. The fourth-order valence-electron chi connectivity index (χ4n) is 5.47. The van der Waals surface area contributed by atoms with Gasteiger partial charge in [0.25, 0.3) is 0 Å². The van der Waals surface area contributed by atoms with Crippen LogP contribution in [0.4, 0.5) is 0 Å². The highest BCUT2D eigenvalue weighted by Crippen LogP contribution is 2.55. The first-order chi connectivity index (χ1) is 15.2. The molecule has 3 aromatic rings. The van der Waals surface area contributed by atoms with Crippen LogP contribution in [0.25, 0.3) is 11.2 Å². The number of benzene rings is 1. The highest BCUT2D eigenvalue weighted by Gasteiger charge is 2.50. The molecule has 31 heavy (non-hydrogen) atoms. The molecule has 0 radical (unpaired) electrons. The molecular formula is C24H23Cl2N5. The van der Waals surface area contributed by atoms with Gasteiger partial charge in [0.1, 0.15) is 16.7 Å². The lowest BCUT2D eigenvalue weighted by Crippen LogP contribution is -2.32. The number of hydrogen-bond donors (Lipinski definition) is 0. The van der Waals surface area contributed by atoms with Crippen LogP contribution >= 0.6 is 23.2 Å². The normalized spacial score (nSPS) is 24.5. The average Bonchev–Trinajstić information content (AvgIpc) is 3.15. The van der Waals surface area contributed by atoms with Crippen LogP contribution in [0.5, 0.6) is 0 Å². The van der Waals surface area contributed by atoms with Crippen LogP contribution in [0, 0.1) is 5.92 Å². The average molecular weight is 452 g/mol. The summed E-state index contributed by atoms with van der Waals surface area (Å²) >= 11 is 12.7. The molecular weight excluding hydrogens is 429 g/mol. The summed E-state index contributed by atoms with van der Waals surface area (Å²) < 4.78 is 2.20. The Morgan fingerprint density at radius 2 is 1.77 bits per heavy atom. The highest BCUT2D eigenvalue weighted by atomic mass is 35.5. The maximum atomic E-state index is 6.51. The van der Waals surface area contributed by atoms with Gasteiger partial charge in [0.2, 0.25) is 5.28 Å². The van der Waals surface area contributed by atoms with Crippen LogP contribution < -0.4 is 0 Å². The van der Waals surface area contributed by atoms with Crippen molar-refractivity contribution >= 4 is 40.6 Å². The van der Waals surface area contributed by atoms with Gasteiger partial charge >= 0.3 is 0 Å². The Bertz CT molecular complexity index is 1170. The van der Waals surface area contributed by atoms with Crippen molar-refractivity contribution in [3.05, 3.63) is 64.3 Å². The van der Waals surface area contributed by atoms with Crippen LogP contribution in [-0.2, 0) is 5.54 Å². The third-order valence-electron chi connectivity index (χ3n) is 7.01. The minimum absolute atomic E-state index is 0.144. The van der Waals surface area contributed by atoms with Gasteiger partial charge < -0.3 is 4.57 Å². The zero-order valence-electron chi connectivity index (χ0n) is 17.1. The van der Waals surface area contributed by atoms with Gasteiger partial charge in [-0.05, 0) is 73.1 Å². The van der Waals surface area contributed by atoms with Gasteiger partial charge in [-0.3, -0.25) is 4.99 Å². The number of nitrogens with zero attached hydrogens (tertiary/aromatic N) is 5. The zero-order valence-corrected chi connectivity index (χ0v) is 18.6. The fourth-order valence-corrected chi connectivity index (χ4v) is 5.77. The smallest absolute Gasteiger partial charge is 0.224 e. The molecule has 0 saturated heterocycles. The number of fused-ring (bicyclic) bond motifs is 1. The highest BCUT2D eigenvalue weighted by molar-refractivity contribution is 6.30. The number of rotatable bonds is 5. The van der Waals surface area contributed by atoms with Crippen LogP contribution in [0.15, 0.2) is 47.7 Å². The molecule has 2 atom stereocenters. The van der Waals surface area contributed by atoms with E-state index in [1.165, 1.54) is 31.2 Å². The molecule has 0 N–H and O–H groups in total. The molecule has 2 aromatic heterocycles. The van der Waals surface area contributed by atoms with Gasteiger partial charge in [-0.1, -0.05) is 36.6 Å². The third kappa shape index (κ3) is 3.21. The molecule has 5 nitrogen and oxygen atoms in total. The molecule has 0 spiro atoms. The van der Waals surface area contributed by atoms with Crippen molar-refractivity contribution in [2.24, 2.45) is 10.9 Å². The molecule has 1 aliphatic heterocycles. The summed E-state index contributed by atoms with van der Waals surface area (Å²) in [5.41, 5.74) is 3.00. The Morgan fingerprint density at radius 1 is 1.00 bits per heavy atom. The topological polar surface area (TPSA) is 56.0 Å². The number of aromatic nitrogens is 4. The van der Waals surface area contributed by atoms with E-state index in [0.717, 1.165) is 34.7 Å². The molecule has 158 valence electrons. The van der Waals surface area contributed by atoms with E-state index in [9.17, 15) is 0 Å². The van der Waals surface area contributed by atoms with Gasteiger partial charge in [0.15, 0.2) is 5.65 Å². The second-order valence-corrected chi connectivity index (χ2v) is 9.71. The second-order valence-electron chi connectivity index (χ2n) is 8.93. The van der Waals surface area contributed by atoms with Crippen molar-refractivity contribution in [3.63, 3.8) is 0 Å². The summed E-state index contributed by atoms with van der Waals surface area (Å²) in [4.78, 5) is 19.2. The molecule has 0 bridgehead atoms. The Kier molecular flexibility index (Phi) is 4.65. The number of allylic oxidation sites excluding steroid dienone is 1. The van der Waals surface area contributed by atoms with Crippen molar-refractivity contribution in [2.75, 3.05) is 0 Å². The lowest BCUT2D eigenvalue weighted by atomic mass is 9.74. The fraction of sp³-hybridized carbons (Fsp3) is 0.417. The number of hydrogen-bond acceptors (Lipinski definition) is 4. The van der Waals surface area contributed by atoms with E-state index in [1.807, 2.05) is 30.8 Å². The summed E-state index contributed by atoms with van der Waals surface area (Å²) in [6.45, 7) is 0. The van der Waals surface area contributed by atoms with E-state index >= 15 is 0 Å². The SMILES string of the molecule is Clc1ccc(C(C2CC2)C2(c3nc(Cl)nc4c3ncn4C3CCCC3)C=CC=N2)cc1. The van der Waals surface area contributed by atoms with E-state index in [0.29, 0.717) is 12.0 Å². The second kappa shape index (κ2) is 7.42. The van der Waals surface area contributed by atoms with Crippen molar-refractivity contribution in [1.82, 2.24) is 19.5 Å².